The topological polar surface area (TPSA) is 54.9 Å². The minimum Gasteiger partial charge on any atom is -0.348 e. The van der Waals surface area contributed by atoms with Crippen molar-refractivity contribution in [1.29, 1.82) is 0 Å². The van der Waals surface area contributed by atoms with E-state index >= 15 is 0 Å². The Morgan fingerprint density at radius 3 is 2.66 bits per heavy atom. The second-order valence-electron chi connectivity index (χ2n) is 6.65. The van der Waals surface area contributed by atoms with Crippen molar-refractivity contribution in [2.45, 2.75) is 13.5 Å². The Balaban J connectivity index is 1.82. The number of fused-ring (bicyclic) bond motifs is 1. The Kier molecular flexibility index (Phi) is 5.47. The summed E-state index contributed by atoms with van der Waals surface area (Å²) in [5, 5.41) is 4.82. The number of carbonyl (C=O) groups is 1. The Bertz CT molecular complexity index is 1210. The van der Waals surface area contributed by atoms with Crippen molar-refractivity contribution in [2.75, 3.05) is 0 Å². The average Bonchev–Trinajstić information content (AvgIpc) is 2.73. The lowest BCUT2D eigenvalue weighted by atomic mass is 9.97. The van der Waals surface area contributed by atoms with Crippen LogP contribution in [0.5, 0.6) is 0 Å². The number of nitrogens with zero attached hydrogens (tertiary/aromatic N) is 2. The van der Waals surface area contributed by atoms with Crippen LogP contribution in [-0.2, 0) is 6.54 Å². The molecule has 2 aromatic carbocycles. The summed E-state index contributed by atoms with van der Waals surface area (Å²) in [6, 6.07) is 16.6. The smallest absolute Gasteiger partial charge is 0.252 e. The number of carbonyl (C=O) groups excluding carboxylic acids is 1. The van der Waals surface area contributed by atoms with E-state index in [1.54, 1.807) is 24.5 Å². The van der Waals surface area contributed by atoms with Crippen molar-refractivity contribution in [1.82, 2.24) is 15.3 Å². The molecule has 1 amide bonds. The molecule has 29 heavy (non-hydrogen) atoms. The Hall–Kier alpha value is -2.95. The standard InChI is InChI=1S/C23H17Cl2N3O/c1-14-21(23(29)27-13-15-5-4-10-26-12-15)18-6-2-3-7-20(18)28-22(14)17-9-8-16(24)11-19(17)25/h2-12H,13H2,1H3,(H,27,29). The molecule has 0 saturated carbocycles. The molecular weight excluding hydrogens is 405 g/mol. The summed E-state index contributed by atoms with van der Waals surface area (Å²) in [7, 11) is 0. The molecular formula is C23H17Cl2N3O. The minimum atomic E-state index is -0.170. The summed E-state index contributed by atoms with van der Waals surface area (Å²) in [5.41, 5.74) is 4.40. The monoisotopic (exact) mass is 421 g/mol. The van der Waals surface area contributed by atoms with Gasteiger partial charge in [-0.25, -0.2) is 4.98 Å². The first-order valence-electron chi connectivity index (χ1n) is 9.06. The van der Waals surface area contributed by atoms with E-state index in [-0.39, 0.29) is 5.91 Å². The van der Waals surface area contributed by atoms with Crippen molar-refractivity contribution in [2.24, 2.45) is 0 Å². The van der Waals surface area contributed by atoms with E-state index in [1.165, 1.54) is 0 Å². The Morgan fingerprint density at radius 1 is 1.07 bits per heavy atom. The first kappa shape index (κ1) is 19.4. The van der Waals surface area contributed by atoms with Gasteiger partial charge in [0.05, 0.1) is 21.8 Å². The fraction of sp³-hybridized carbons (Fsp3) is 0.0870. The van der Waals surface area contributed by atoms with Gasteiger partial charge in [0, 0.05) is 34.9 Å². The summed E-state index contributed by atoms with van der Waals surface area (Å²) in [5.74, 6) is -0.170. The van der Waals surface area contributed by atoms with Gasteiger partial charge in [-0.15, -0.1) is 0 Å². The first-order chi connectivity index (χ1) is 14.0. The van der Waals surface area contributed by atoms with E-state index in [9.17, 15) is 4.79 Å². The van der Waals surface area contributed by atoms with E-state index in [2.05, 4.69) is 10.3 Å². The van der Waals surface area contributed by atoms with Crippen molar-refractivity contribution in [3.8, 4) is 11.3 Å². The fourth-order valence-corrected chi connectivity index (χ4v) is 3.82. The van der Waals surface area contributed by atoms with Crippen LogP contribution in [-0.4, -0.2) is 15.9 Å². The number of benzene rings is 2. The molecule has 0 unspecified atom stereocenters. The molecule has 4 nitrogen and oxygen atoms in total. The van der Waals surface area contributed by atoms with E-state index in [0.717, 1.165) is 27.6 Å². The van der Waals surface area contributed by atoms with Gasteiger partial charge in [0.15, 0.2) is 0 Å². The van der Waals surface area contributed by atoms with Gasteiger partial charge in [0.1, 0.15) is 0 Å². The molecule has 0 radical (unpaired) electrons. The van der Waals surface area contributed by atoms with Crippen molar-refractivity contribution < 1.29 is 4.79 Å². The summed E-state index contributed by atoms with van der Waals surface area (Å²) in [6.45, 7) is 2.28. The van der Waals surface area contributed by atoms with Gasteiger partial charge in [-0.05, 0) is 48.4 Å². The number of nitrogens with one attached hydrogen (secondary N) is 1. The van der Waals surface area contributed by atoms with Crippen LogP contribution in [0.3, 0.4) is 0 Å². The molecule has 0 aliphatic rings. The second-order valence-corrected chi connectivity index (χ2v) is 7.49. The largest absolute Gasteiger partial charge is 0.348 e. The van der Waals surface area contributed by atoms with Crippen LogP contribution in [0, 0.1) is 6.92 Å². The Morgan fingerprint density at radius 2 is 1.90 bits per heavy atom. The van der Waals surface area contributed by atoms with Gasteiger partial charge >= 0.3 is 0 Å². The van der Waals surface area contributed by atoms with Crippen LogP contribution in [0.4, 0.5) is 0 Å². The number of aromatic nitrogens is 2. The van der Waals surface area contributed by atoms with E-state index < -0.39 is 0 Å². The molecule has 2 aromatic heterocycles. The molecule has 1 N–H and O–H groups in total. The van der Waals surface area contributed by atoms with Gasteiger partial charge in [-0.1, -0.05) is 47.5 Å². The van der Waals surface area contributed by atoms with Crippen LogP contribution in [0.2, 0.25) is 10.0 Å². The molecule has 4 rings (SSSR count). The summed E-state index contributed by atoms with van der Waals surface area (Å²) in [6.07, 6.45) is 3.44. The lowest BCUT2D eigenvalue weighted by Crippen LogP contribution is -2.24. The highest BCUT2D eigenvalue weighted by Gasteiger charge is 2.20. The number of hydrogen-bond acceptors (Lipinski definition) is 3. The van der Waals surface area contributed by atoms with Gasteiger partial charge < -0.3 is 5.32 Å². The molecule has 6 heteroatoms. The first-order valence-corrected chi connectivity index (χ1v) is 9.82. The van der Waals surface area contributed by atoms with Crippen LogP contribution in [0.25, 0.3) is 22.2 Å². The van der Waals surface area contributed by atoms with E-state index in [0.29, 0.717) is 27.8 Å². The second kappa shape index (κ2) is 8.19. The maximum atomic E-state index is 13.2. The molecule has 0 fully saturated rings. The van der Waals surface area contributed by atoms with Crippen LogP contribution in [0.1, 0.15) is 21.5 Å². The average molecular weight is 422 g/mol. The van der Waals surface area contributed by atoms with Gasteiger partial charge in [-0.3, -0.25) is 9.78 Å². The van der Waals surface area contributed by atoms with Crippen molar-refractivity contribution >= 4 is 40.0 Å². The van der Waals surface area contributed by atoms with Gasteiger partial charge in [0.2, 0.25) is 0 Å². The van der Waals surface area contributed by atoms with Gasteiger partial charge in [0.25, 0.3) is 5.91 Å². The van der Waals surface area contributed by atoms with E-state index in [4.69, 9.17) is 28.2 Å². The van der Waals surface area contributed by atoms with Gasteiger partial charge in [-0.2, -0.15) is 0 Å². The maximum Gasteiger partial charge on any atom is 0.252 e. The predicted octanol–water partition coefficient (Wildman–Crippen LogP) is 5.84. The van der Waals surface area contributed by atoms with Crippen LogP contribution < -0.4 is 5.32 Å². The third kappa shape index (κ3) is 3.95. The van der Waals surface area contributed by atoms with Crippen LogP contribution >= 0.6 is 23.2 Å². The molecule has 4 aromatic rings. The lowest BCUT2D eigenvalue weighted by molar-refractivity contribution is 0.0952. The Labute approximate surface area is 178 Å². The highest BCUT2D eigenvalue weighted by atomic mass is 35.5. The summed E-state index contributed by atoms with van der Waals surface area (Å²) >= 11 is 12.5. The number of halogens is 2. The highest BCUT2D eigenvalue weighted by Crippen LogP contribution is 2.34. The predicted molar refractivity (Wildman–Crippen MR) is 117 cm³/mol. The molecule has 0 aliphatic heterocycles. The zero-order chi connectivity index (χ0) is 20.4. The van der Waals surface area contributed by atoms with Crippen molar-refractivity contribution in [3.63, 3.8) is 0 Å². The molecule has 0 atom stereocenters. The SMILES string of the molecule is Cc1c(-c2ccc(Cl)cc2Cl)nc2ccccc2c1C(=O)NCc1cccnc1. The number of amides is 1. The number of rotatable bonds is 4. The molecule has 0 bridgehead atoms. The quantitative estimate of drug-likeness (QED) is 0.450. The molecule has 0 aliphatic carbocycles. The number of hydrogen-bond donors (Lipinski definition) is 1. The molecule has 0 saturated heterocycles. The van der Waals surface area contributed by atoms with Crippen LogP contribution in [0.15, 0.2) is 67.0 Å². The number of pyridine rings is 2. The molecule has 144 valence electrons. The molecule has 0 spiro atoms. The highest BCUT2D eigenvalue weighted by molar-refractivity contribution is 6.36. The summed E-state index contributed by atoms with van der Waals surface area (Å²) in [4.78, 5) is 22.0. The third-order valence-electron chi connectivity index (χ3n) is 4.73. The maximum absolute atomic E-state index is 13.2. The fourth-order valence-electron chi connectivity index (χ4n) is 3.32. The lowest BCUT2D eigenvalue weighted by Gasteiger charge is -2.15. The minimum absolute atomic E-state index is 0.170. The van der Waals surface area contributed by atoms with Crippen molar-refractivity contribution in [3.05, 3.63) is 93.7 Å². The normalized spacial score (nSPS) is 10.9. The zero-order valence-electron chi connectivity index (χ0n) is 15.6. The molecule has 2 heterocycles. The third-order valence-corrected chi connectivity index (χ3v) is 5.27. The number of para-hydroxylation sites is 1. The summed E-state index contributed by atoms with van der Waals surface area (Å²) < 4.78 is 0. The zero-order valence-corrected chi connectivity index (χ0v) is 17.1. The van der Waals surface area contributed by atoms with E-state index in [1.807, 2.05) is 49.4 Å².